The van der Waals surface area contributed by atoms with E-state index in [0.717, 1.165) is 24.2 Å². The highest BCUT2D eigenvalue weighted by Crippen LogP contribution is 2.38. The van der Waals surface area contributed by atoms with Crippen LogP contribution in [0, 0.1) is 11.3 Å². The Bertz CT molecular complexity index is 612. The highest BCUT2D eigenvalue weighted by atomic mass is 15.2. The molecule has 1 saturated heterocycles. The average Bonchev–Trinajstić information content (AvgIpc) is 2.65. The van der Waals surface area contributed by atoms with Gasteiger partial charge in [-0.3, -0.25) is 4.90 Å². The zero-order chi connectivity index (χ0) is 16.1. The molecule has 0 spiro atoms. The lowest BCUT2D eigenvalue weighted by molar-refractivity contribution is 0.142. The molecule has 0 aromatic heterocycles. The van der Waals surface area contributed by atoms with Gasteiger partial charge in [-0.05, 0) is 44.0 Å². The normalized spacial score (nSPS) is 17.4. The zero-order valence-electron chi connectivity index (χ0n) is 13.8. The van der Waals surface area contributed by atoms with Crippen LogP contribution in [0.25, 0.3) is 0 Å². The van der Waals surface area contributed by atoms with Crippen molar-refractivity contribution < 1.29 is 0 Å². The van der Waals surface area contributed by atoms with Crippen molar-refractivity contribution in [2.45, 2.75) is 37.6 Å². The summed E-state index contributed by atoms with van der Waals surface area (Å²) >= 11 is 0. The van der Waals surface area contributed by atoms with Crippen molar-refractivity contribution in [2.24, 2.45) is 0 Å². The summed E-state index contributed by atoms with van der Waals surface area (Å²) in [5.41, 5.74) is 1.55. The fraction of sp³-hybridized carbons (Fsp3) is 0.381. The van der Waals surface area contributed by atoms with Crippen LogP contribution in [-0.4, -0.2) is 24.0 Å². The lowest BCUT2D eigenvalue weighted by atomic mass is 9.70. The molecule has 1 fully saturated rings. The Kier molecular flexibility index (Phi) is 4.79. The molecule has 0 saturated carbocycles. The molecule has 0 amide bonds. The molecule has 3 rings (SSSR count). The Balaban J connectivity index is 2.11. The molecule has 23 heavy (non-hydrogen) atoms. The Morgan fingerprint density at radius 3 is 1.78 bits per heavy atom. The van der Waals surface area contributed by atoms with Crippen LogP contribution in [0.1, 0.15) is 37.3 Å². The molecule has 1 aliphatic heterocycles. The van der Waals surface area contributed by atoms with Gasteiger partial charge in [0.25, 0.3) is 0 Å². The summed E-state index contributed by atoms with van der Waals surface area (Å²) in [5, 5.41) is 10.3. The number of nitrogens with zero attached hydrogens (tertiary/aromatic N) is 2. The van der Waals surface area contributed by atoms with E-state index in [1.165, 1.54) is 19.3 Å². The van der Waals surface area contributed by atoms with Gasteiger partial charge in [-0.1, -0.05) is 67.1 Å². The monoisotopic (exact) mass is 304 g/mol. The van der Waals surface area contributed by atoms with Gasteiger partial charge in [0, 0.05) is 6.04 Å². The molecular formula is C21H24N2. The van der Waals surface area contributed by atoms with Crippen molar-refractivity contribution in [1.82, 2.24) is 4.90 Å². The van der Waals surface area contributed by atoms with E-state index in [2.05, 4.69) is 42.2 Å². The average molecular weight is 304 g/mol. The van der Waals surface area contributed by atoms with Crippen LogP contribution in [-0.2, 0) is 5.41 Å². The van der Waals surface area contributed by atoms with Crippen molar-refractivity contribution in [1.29, 1.82) is 5.26 Å². The van der Waals surface area contributed by atoms with Gasteiger partial charge in [-0.15, -0.1) is 0 Å². The molecule has 0 aliphatic carbocycles. The van der Waals surface area contributed by atoms with Gasteiger partial charge in [-0.25, -0.2) is 0 Å². The molecule has 0 N–H and O–H groups in total. The summed E-state index contributed by atoms with van der Waals surface area (Å²) < 4.78 is 0. The van der Waals surface area contributed by atoms with E-state index in [9.17, 15) is 5.26 Å². The van der Waals surface area contributed by atoms with E-state index >= 15 is 0 Å². The van der Waals surface area contributed by atoms with Gasteiger partial charge in [0.05, 0.1) is 6.07 Å². The van der Waals surface area contributed by atoms with E-state index in [1.54, 1.807) is 0 Å². The van der Waals surface area contributed by atoms with Gasteiger partial charge >= 0.3 is 0 Å². The molecule has 0 bridgehead atoms. The summed E-state index contributed by atoms with van der Waals surface area (Å²) in [6.45, 7) is 4.39. The molecular weight excluding hydrogens is 280 g/mol. The minimum absolute atomic E-state index is 0.151. The van der Waals surface area contributed by atoms with Gasteiger partial charge < -0.3 is 0 Å². The molecule has 2 aromatic carbocycles. The SMILES string of the molecule is CC(N1CCCCC1)C(C#N)(c1ccccc1)c1ccccc1. The molecule has 0 radical (unpaired) electrons. The minimum Gasteiger partial charge on any atom is -0.298 e. The first-order chi connectivity index (χ1) is 11.3. The van der Waals surface area contributed by atoms with Crippen LogP contribution in [0.15, 0.2) is 60.7 Å². The summed E-state index contributed by atoms with van der Waals surface area (Å²) in [6, 6.07) is 23.4. The first-order valence-electron chi connectivity index (χ1n) is 8.55. The third kappa shape index (κ3) is 2.90. The maximum atomic E-state index is 10.3. The van der Waals surface area contributed by atoms with Crippen LogP contribution in [0.4, 0.5) is 0 Å². The number of piperidine rings is 1. The lowest BCUT2D eigenvalue weighted by Crippen LogP contribution is -2.50. The summed E-state index contributed by atoms with van der Waals surface area (Å²) in [4.78, 5) is 2.49. The summed E-state index contributed by atoms with van der Waals surface area (Å²) in [6.07, 6.45) is 3.77. The summed E-state index contributed by atoms with van der Waals surface area (Å²) in [5.74, 6) is 0. The maximum Gasteiger partial charge on any atom is 0.122 e. The van der Waals surface area contributed by atoms with E-state index in [1.807, 2.05) is 36.4 Å². The Hall–Kier alpha value is -2.11. The van der Waals surface area contributed by atoms with Crippen LogP contribution in [0.2, 0.25) is 0 Å². The van der Waals surface area contributed by atoms with E-state index < -0.39 is 5.41 Å². The fourth-order valence-electron chi connectivity index (χ4n) is 3.85. The topological polar surface area (TPSA) is 27.0 Å². The largest absolute Gasteiger partial charge is 0.298 e. The number of rotatable bonds is 4. The van der Waals surface area contributed by atoms with Gasteiger partial charge in [0.1, 0.15) is 5.41 Å². The molecule has 1 atom stereocenters. The van der Waals surface area contributed by atoms with E-state index in [-0.39, 0.29) is 6.04 Å². The van der Waals surface area contributed by atoms with Crippen LogP contribution in [0.3, 0.4) is 0 Å². The predicted octanol–water partition coefficient (Wildman–Crippen LogP) is 4.37. The fourth-order valence-corrected chi connectivity index (χ4v) is 3.85. The van der Waals surface area contributed by atoms with Crippen molar-refractivity contribution in [2.75, 3.05) is 13.1 Å². The van der Waals surface area contributed by atoms with Crippen molar-refractivity contribution in [3.05, 3.63) is 71.8 Å². The van der Waals surface area contributed by atoms with Crippen LogP contribution in [0.5, 0.6) is 0 Å². The highest BCUT2D eigenvalue weighted by molar-refractivity contribution is 5.48. The smallest absolute Gasteiger partial charge is 0.122 e. The van der Waals surface area contributed by atoms with Crippen LogP contribution >= 0.6 is 0 Å². The summed E-state index contributed by atoms with van der Waals surface area (Å²) in [7, 11) is 0. The molecule has 2 nitrogen and oxygen atoms in total. The van der Waals surface area contributed by atoms with Crippen LogP contribution < -0.4 is 0 Å². The van der Waals surface area contributed by atoms with Gasteiger partial charge in [0.2, 0.25) is 0 Å². The van der Waals surface area contributed by atoms with Crippen molar-refractivity contribution >= 4 is 0 Å². The first kappa shape index (κ1) is 15.8. The second kappa shape index (κ2) is 6.98. The van der Waals surface area contributed by atoms with Crippen molar-refractivity contribution in [3.8, 4) is 6.07 Å². The highest BCUT2D eigenvalue weighted by Gasteiger charge is 2.43. The minimum atomic E-state index is -0.625. The second-order valence-corrected chi connectivity index (χ2v) is 6.42. The zero-order valence-corrected chi connectivity index (χ0v) is 13.8. The number of benzene rings is 2. The number of likely N-dealkylation sites (tertiary alicyclic amines) is 1. The third-order valence-corrected chi connectivity index (χ3v) is 5.20. The molecule has 2 aromatic rings. The first-order valence-corrected chi connectivity index (χ1v) is 8.55. The lowest BCUT2D eigenvalue weighted by Gasteiger charge is -2.42. The quantitative estimate of drug-likeness (QED) is 0.838. The Labute approximate surface area is 139 Å². The molecule has 2 heteroatoms. The number of hydrogen-bond donors (Lipinski definition) is 0. The van der Waals surface area contributed by atoms with Gasteiger partial charge in [-0.2, -0.15) is 5.26 Å². The number of hydrogen-bond acceptors (Lipinski definition) is 2. The maximum absolute atomic E-state index is 10.3. The third-order valence-electron chi connectivity index (χ3n) is 5.20. The molecule has 1 unspecified atom stereocenters. The van der Waals surface area contributed by atoms with E-state index in [0.29, 0.717) is 0 Å². The molecule has 1 aliphatic rings. The predicted molar refractivity (Wildman–Crippen MR) is 94.2 cm³/mol. The van der Waals surface area contributed by atoms with E-state index in [4.69, 9.17) is 0 Å². The molecule has 1 heterocycles. The Morgan fingerprint density at radius 1 is 0.870 bits per heavy atom. The standard InChI is InChI=1S/C21H24N2/c1-18(23-15-9-4-10-16-23)21(17-22,19-11-5-2-6-12-19)20-13-7-3-8-14-20/h2-3,5-8,11-14,18H,4,9-10,15-16H2,1H3. The van der Waals surface area contributed by atoms with Crippen molar-refractivity contribution in [3.63, 3.8) is 0 Å². The number of nitriles is 1. The molecule has 118 valence electrons. The Morgan fingerprint density at radius 2 is 1.35 bits per heavy atom. The second-order valence-electron chi connectivity index (χ2n) is 6.42. The van der Waals surface area contributed by atoms with Gasteiger partial charge in [0.15, 0.2) is 0 Å².